The third-order valence-corrected chi connectivity index (χ3v) is 4.93. The second-order valence-electron chi connectivity index (χ2n) is 7.41. The standard InChI is InChI=1S/C21H29N5O2/c1-25(2)15-13-23-20(27)18-17-10-6-7-14-26(17)19(24-18)21(28)22-12-11-16-8-4-3-5-9-16/h6-8,10,14H,3-5,9,11-13,15H2,1-2H3,(H,22,28)(H,23,27). The summed E-state index contributed by atoms with van der Waals surface area (Å²) in [6, 6.07) is 5.47. The largest absolute Gasteiger partial charge is 0.349 e. The average molecular weight is 383 g/mol. The van der Waals surface area contributed by atoms with Crippen LogP contribution in [0.2, 0.25) is 0 Å². The Morgan fingerprint density at radius 2 is 1.96 bits per heavy atom. The first-order valence-corrected chi connectivity index (χ1v) is 9.92. The summed E-state index contributed by atoms with van der Waals surface area (Å²) in [6.07, 6.45) is 9.67. The minimum atomic E-state index is -0.267. The molecule has 0 atom stereocenters. The molecule has 2 aromatic heterocycles. The normalized spacial score (nSPS) is 14.2. The fraction of sp³-hybridized carbons (Fsp3) is 0.476. The molecule has 1 aliphatic carbocycles. The highest BCUT2D eigenvalue weighted by Gasteiger charge is 2.21. The van der Waals surface area contributed by atoms with Crippen LogP contribution in [-0.4, -0.2) is 59.8 Å². The summed E-state index contributed by atoms with van der Waals surface area (Å²) in [5, 5.41) is 5.81. The Balaban J connectivity index is 1.69. The molecule has 0 saturated heterocycles. The van der Waals surface area contributed by atoms with Gasteiger partial charge in [-0.1, -0.05) is 17.7 Å². The van der Waals surface area contributed by atoms with Crippen molar-refractivity contribution in [1.82, 2.24) is 24.9 Å². The highest BCUT2D eigenvalue weighted by molar-refractivity contribution is 6.02. The van der Waals surface area contributed by atoms with Gasteiger partial charge in [0.05, 0.1) is 5.52 Å². The molecular weight excluding hydrogens is 354 g/mol. The number of likely N-dealkylation sites (N-methyl/N-ethyl adjacent to an activating group) is 1. The Morgan fingerprint density at radius 1 is 1.14 bits per heavy atom. The Kier molecular flexibility index (Phi) is 6.81. The fourth-order valence-corrected chi connectivity index (χ4v) is 3.39. The molecule has 0 saturated carbocycles. The van der Waals surface area contributed by atoms with Crippen LogP contribution in [0.25, 0.3) is 5.52 Å². The third-order valence-electron chi connectivity index (χ3n) is 4.93. The molecule has 7 heteroatoms. The lowest BCUT2D eigenvalue weighted by atomic mass is 9.97. The van der Waals surface area contributed by atoms with Crippen LogP contribution in [0.15, 0.2) is 36.0 Å². The van der Waals surface area contributed by atoms with Gasteiger partial charge in [-0.25, -0.2) is 4.98 Å². The first-order chi connectivity index (χ1) is 13.6. The van der Waals surface area contributed by atoms with Crippen molar-refractivity contribution in [2.45, 2.75) is 32.1 Å². The number of carbonyl (C=O) groups excluding carboxylic acids is 2. The van der Waals surface area contributed by atoms with E-state index in [1.54, 1.807) is 16.7 Å². The van der Waals surface area contributed by atoms with Gasteiger partial charge in [-0.3, -0.25) is 14.0 Å². The van der Waals surface area contributed by atoms with E-state index in [0.29, 0.717) is 18.6 Å². The van der Waals surface area contributed by atoms with Gasteiger partial charge in [0, 0.05) is 25.8 Å². The first kappa shape index (κ1) is 20.1. The van der Waals surface area contributed by atoms with Crippen LogP contribution in [0.4, 0.5) is 0 Å². The molecule has 28 heavy (non-hydrogen) atoms. The minimum absolute atomic E-state index is 0.242. The molecule has 0 aliphatic heterocycles. The zero-order valence-electron chi connectivity index (χ0n) is 16.7. The Labute approximate surface area is 165 Å². The van der Waals surface area contributed by atoms with Crippen molar-refractivity contribution in [2.75, 3.05) is 33.7 Å². The zero-order chi connectivity index (χ0) is 19.9. The molecule has 2 N–H and O–H groups in total. The fourth-order valence-electron chi connectivity index (χ4n) is 3.39. The lowest BCUT2D eigenvalue weighted by Crippen LogP contribution is -2.31. The maximum atomic E-state index is 12.7. The monoisotopic (exact) mass is 383 g/mol. The van der Waals surface area contributed by atoms with Crippen molar-refractivity contribution in [3.8, 4) is 0 Å². The van der Waals surface area contributed by atoms with Crippen LogP contribution in [0, 0.1) is 0 Å². The maximum Gasteiger partial charge on any atom is 0.287 e. The summed E-state index contributed by atoms with van der Waals surface area (Å²) in [5.74, 6) is -0.284. The Hall–Kier alpha value is -2.67. The molecule has 0 fully saturated rings. The number of nitrogens with one attached hydrogen (secondary N) is 2. The molecule has 0 unspecified atom stereocenters. The van der Waals surface area contributed by atoms with Crippen LogP contribution < -0.4 is 10.6 Å². The molecule has 1 aliphatic rings. The highest BCUT2D eigenvalue weighted by Crippen LogP contribution is 2.19. The third kappa shape index (κ3) is 4.98. The smallest absolute Gasteiger partial charge is 0.287 e. The molecule has 2 amide bonds. The van der Waals surface area contributed by atoms with E-state index in [1.165, 1.54) is 18.4 Å². The number of amides is 2. The second-order valence-corrected chi connectivity index (χ2v) is 7.41. The van der Waals surface area contributed by atoms with Crippen molar-refractivity contribution < 1.29 is 9.59 Å². The first-order valence-electron chi connectivity index (χ1n) is 9.92. The molecule has 150 valence electrons. The number of imidazole rings is 1. The number of allylic oxidation sites excluding steroid dienone is 1. The Bertz CT molecular complexity index is 869. The quantitative estimate of drug-likeness (QED) is 0.686. The van der Waals surface area contributed by atoms with Crippen molar-refractivity contribution in [3.63, 3.8) is 0 Å². The Morgan fingerprint density at radius 3 is 2.71 bits per heavy atom. The second kappa shape index (κ2) is 9.50. The molecule has 0 spiro atoms. The summed E-state index contributed by atoms with van der Waals surface area (Å²) in [7, 11) is 3.90. The van der Waals surface area contributed by atoms with Gasteiger partial charge in [0.15, 0.2) is 5.69 Å². The van der Waals surface area contributed by atoms with Crippen molar-refractivity contribution in [3.05, 3.63) is 47.6 Å². The molecular formula is C21H29N5O2. The van der Waals surface area contributed by atoms with Gasteiger partial charge >= 0.3 is 0 Å². The number of aromatic nitrogens is 2. The van der Waals surface area contributed by atoms with E-state index in [4.69, 9.17) is 0 Å². The van der Waals surface area contributed by atoms with E-state index in [-0.39, 0.29) is 23.3 Å². The van der Waals surface area contributed by atoms with E-state index in [2.05, 4.69) is 21.7 Å². The molecule has 0 bridgehead atoms. The van der Waals surface area contributed by atoms with E-state index >= 15 is 0 Å². The molecule has 0 radical (unpaired) electrons. The van der Waals surface area contributed by atoms with Crippen LogP contribution in [-0.2, 0) is 0 Å². The number of fused-ring (bicyclic) bond motifs is 1. The predicted octanol–water partition coefficient (Wildman–Crippen LogP) is 2.25. The maximum absolute atomic E-state index is 12.7. The van der Waals surface area contributed by atoms with Gasteiger partial charge in [-0.15, -0.1) is 0 Å². The van der Waals surface area contributed by atoms with Gasteiger partial charge in [0.2, 0.25) is 5.82 Å². The molecule has 2 aromatic rings. The molecule has 7 nitrogen and oxygen atoms in total. The van der Waals surface area contributed by atoms with Gasteiger partial charge < -0.3 is 15.5 Å². The van der Waals surface area contributed by atoms with Gasteiger partial charge in [-0.05, 0) is 58.3 Å². The van der Waals surface area contributed by atoms with Gasteiger partial charge in [-0.2, -0.15) is 0 Å². The van der Waals surface area contributed by atoms with E-state index < -0.39 is 0 Å². The molecule has 3 rings (SSSR count). The number of hydrogen-bond acceptors (Lipinski definition) is 4. The SMILES string of the molecule is CN(C)CCNC(=O)c1nc(C(=O)NCCC2=CCCCC2)n2ccccc12. The molecule has 2 heterocycles. The van der Waals surface area contributed by atoms with E-state index in [1.807, 2.05) is 31.1 Å². The number of hydrogen-bond donors (Lipinski definition) is 2. The number of rotatable bonds is 8. The summed E-state index contributed by atoms with van der Waals surface area (Å²) < 4.78 is 1.68. The van der Waals surface area contributed by atoms with Gasteiger partial charge in [0.25, 0.3) is 11.8 Å². The van der Waals surface area contributed by atoms with Crippen LogP contribution in [0.3, 0.4) is 0 Å². The van der Waals surface area contributed by atoms with Crippen molar-refractivity contribution >= 4 is 17.3 Å². The van der Waals surface area contributed by atoms with Gasteiger partial charge in [0.1, 0.15) is 0 Å². The minimum Gasteiger partial charge on any atom is -0.349 e. The number of pyridine rings is 1. The topological polar surface area (TPSA) is 78.7 Å². The molecule has 0 aromatic carbocycles. The summed E-state index contributed by atoms with van der Waals surface area (Å²) in [4.78, 5) is 31.6. The zero-order valence-corrected chi connectivity index (χ0v) is 16.7. The number of carbonyl (C=O) groups is 2. The van der Waals surface area contributed by atoms with E-state index in [0.717, 1.165) is 25.8 Å². The summed E-state index contributed by atoms with van der Waals surface area (Å²) in [5.41, 5.74) is 2.32. The van der Waals surface area contributed by atoms with Crippen LogP contribution in [0.1, 0.15) is 53.2 Å². The average Bonchev–Trinajstić information content (AvgIpc) is 3.08. The summed E-state index contributed by atoms with van der Waals surface area (Å²) in [6.45, 7) is 1.84. The van der Waals surface area contributed by atoms with Crippen LogP contribution >= 0.6 is 0 Å². The van der Waals surface area contributed by atoms with Crippen molar-refractivity contribution in [1.29, 1.82) is 0 Å². The number of nitrogens with zero attached hydrogens (tertiary/aromatic N) is 3. The highest BCUT2D eigenvalue weighted by atomic mass is 16.2. The lowest BCUT2D eigenvalue weighted by Gasteiger charge is -2.12. The predicted molar refractivity (Wildman–Crippen MR) is 110 cm³/mol. The van der Waals surface area contributed by atoms with Crippen LogP contribution in [0.5, 0.6) is 0 Å². The van der Waals surface area contributed by atoms with E-state index in [9.17, 15) is 9.59 Å². The lowest BCUT2D eigenvalue weighted by molar-refractivity contribution is 0.0943. The van der Waals surface area contributed by atoms with Crippen molar-refractivity contribution in [2.24, 2.45) is 0 Å². The summed E-state index contributed by atoms with van der Waals surface area (Å²) >= 11 is 0.